The van der Waals surface area contributed by atoms with Gasteiger partial charge in [-0.25, -0.2) is 0 Å². The molecule has 0 radical (unpaired) electrons. The van der Waals surface area contributed by atoms with Crippen molar-refractivity contribution in [1.29, 1.82) is 0 Å². The van der Waals surface area contributed by atoms with Crippen LogP contribution in [0.5, 0.6) is 5.75 Å². The molecule has 500 valence electrons. The molecule has 2 heterocycles. The van der Waals surface area contributed by atoms with Crippen LogP contribution < -0.4 is 59.7 Å². The zero-order valence-electron chi connectivity index (χ0n) is 52.8. The van der Waals surface area contributed by atoms with Crippen LogP contribution >= 0.6 is 44.2 Å². The van der Waals surface area contributed by atoms with Gasteiger partial charge in [-0.05, 0) is 109 Å². The molecule has 9 amide bonds. The van der Waals surface area contributed by atoms with Gasteiger partial charge in [-0.1, -0.05) is 169 Å². The maximum absolute atomic E-state index is 15.4. The number of hydrogen-bond donors (Lipinski definition) is 13. The van der Waals surface area contributed by atoms with Gasteiger partial charge < -0.3 is 69.8 Å². The first kappa shape index (κ1) is 71.0. The molecule has 1 aromatic heterocycles. The molecule has 0 saturated carbocycles. The van der Waals surface area contributed by atoms with Gasteiger partial charge in [0.05, 0.1) is 9.61 Å². The van der Waals surface area contributed by atoms with Crippen LogP contribution in [0, 0.1) is 3.57 Å². The van der Waals surface area contributed by atoms with Crippen molar-refractivity contribution in [2.75, 3.05) is 11.5 Å². The molecule has 0 bridgehead atoms. The highest BCUT2D eigenvalue weighted by Gasteiger charge is 2.36. The van der Waals surface area contributed by atoms with Crippen LogP contribution in [0.2, 0.25) is 0 Å². The van der Waals surface area contributed by atoms with E-state index in [4.69, 9.17) is 17.2 Å². The number of H-pyrrole nitrogens is 1. The molecule has 1 saturated heterocycles. The summed E-state index contributed by atoms with van der Waals surface area (Å²) in [7, 11) is 2.06. The van der Waals surface area contributed by atoms with Crippen LogP contribution in [0.1, 0.15) is 63.1 Å². The molecule has 8 aromatic rings. The Balaban J connectivity index is 1.11. The summed E-state index contributed by atoms with van der Waals surface area (Å²) in [5.74, 6) is -7.71. The van der Waals surface area contributed by atoms with Gasteiger partial charge in [0, 0.05) is 78.9 Å². The van der Waals surface area contributed by atoms with Crippen LogP contribution in [0.25, 0.3) is 21.7 Å². The number of aromatic nitrogens is 1. The third-order valence-electron chi connectivity index (χ3n) is 16.3. The molecule has 16 N–H and O–H groups in total. The van der Waals surface area contributed by atoms with E-state index < -0.39 is 101 Å². The quantitative estimate of drug-likeness (QED) is 0.0346. The van der Waals surface area contributed by atoms with Crippen molar-refractivity contribution in [3.8, 4) is 5.75 Å². The molecule has 1 fully saturated rings. The number of primary amides is 2. The monoisotopic (exact) mass is 1450 g/mol. The maximum atomic E-state index is 15.4. The summed E-state index contributed by atoms with van der Waals surface area (Å²) in [5.41, 5.74) is 23.6. The number of halogens is 1. The maximum Gasteiger partial charge on any atom is 0.248 e. The lowest BCUT2D eigenvalue weighted by Gasteiger charge is -2.29. The number of rotatable bonds is 21. The Kier molecular flexibility index (Phi) is 25.1. The number of para-hydroxylation sites is 1. The number of phenolic OH excluding ortho intramolecular Hbond substituents is 1. The van der Waals surface area contributed by atoms with Crippen molar-refractivity contribution in [2.24, 2.45) is 17.2 Å². The minimum atomic E-state index is -1.49. The van der Waals surface area contributed by atoms with E-state index >= 15 is 24.0 Å². The highest BCUT2D eigenvalue weighted by Crippen LogP contribution is 2.26. The van der Waals surface area contributed by atoms with Gasteiger partial charge in [0.1, 0.15) is 48.0 Å². The molecular weight excluding hydrogens is 1370 g/mol. The largest absolute Gasteiger partial charge is 0.507 e. The van der Waals surface area contributed by atoms with Crippen molar-refractivity contribution in [3.63, 3.8) is 0 Å². The van der Waals surface area contributed by atoms with Crippen molar-refractivity contribution in [3.05, 3.63) is 218 Å². The van der Waals surface area contributed by atoms with E-state index in [1.165, 1.54) is 18.2 Å². The molecule has 25 heteroatoms. The fraction of sp³-hybridized carbons (Fsp3) is 0.282. The van der Waals surface area contributed by atoms with Crippen LogP contribution in [0.4, 0.5) is 0 Å². The van der Waals surface area contributed by atoms with Crippen LogP contribution in [-0.2, 0) is 83.4 Å². The molecule has 22 nitrogen and oxygen atoms in total. The van der Waals surface area contributed by atoms with Crippen LogP contribution in [0.15, 0.2) is 170 Å². The predicted molar refractivity (Wildman–Crippen MR) is 381 cm³/mol. The second-order valence-corrected chi connectivity index (χ2v) is 27.7. The minimum absolute atomic E-state index is 0.0272. The van der Waals surface area contributed by atoms with Crippen molar-refractivity contribution in [2.45, 2.75) is 113 Å². The van der Waals surface area contributed by atoms with Crippen molar-refractivity contribution < 1.29 is 48.3 Å². The molecule has 9 rings (SSSR count). The van der Waals surface area contributed by atoms with E-state index in [-0.39, 0.29) is 67.4 Å². The number of nitrogens with one attached hydrogen (secondary N) is 9. The van der Waals surface area contributed by atoms with E-state index in [0.717, 1.165) is 48.8 Å². The van der Waals surface area contributed by atoms with E-state index in [1.807, 2.05) is 127 Å². The number of aromatic amines is 1. The number of phenols is 1. The summed E-state index contributed by atoms with van der Waals surface area (Å²) in [4.78, 5) is 134. The minimum Gasteiger partial charge on any atom is -0.507 e. The van der Waals surface area contributed by atoms with Gasteiger partial charge in [-0.3, -0.25) is 43.2 Å². The lowest BCUT2D eigenvalue weighted by molar-refractivity contribution is -0.135. The van der Waals surface area contributed by atoms with Crippen molar-refractivity contribution in [1.82, 2.24) is 47.5 Å². The third kappa shape index (κ3) is 20.1. The fourth-order valence-electron chi connectivity index (χ4n) is 11.0. The average molecular weight is 1450 g/mol. The normalized spacial score (nSPS) is 19.2. The number of nitrogens with two attached hydrogens (primary N) is 3. The fourth-order valence-corrected chi connectivity index (χ4v) is 13.9. The van der Waals surface area contributed by atoms with Gasteiger partial charge in [0.25, 0.3) is 0 Å². The lowest BCUT2D eigenvalue weighted by atomic mass is 9.99. The van der Waals surface area contributed by atoms with Gasteiger partial charge >= 0.3 is 0 Å². The SMILES string of the molecule is CC(C)NCc1ccc(C[C@@H]2NC(=O)[C@@H](Cc3c[nH]c4ccccc34)NC(=O)[C@H](Cc3ccccc3)NC(=O)[C@H](NC(=O)[C@@H](N)Cc3ccc(C(N)=O)cc3)CSSC[C@@H](C(=O)N[C@@H](Cc3ccc4ccccc4c3)C(N)=O)NC(=O)[C@H](Cc3ccc(O)c([125I])c3)NC2=O)cc1. The summed E-state index contributed by atoms with van der Waals surface area (Å²) < 4.78 is 0.436. The van der Waals surface area contributed by atoms with E-state index in [2.05, 4.69) is 47.5 Å². The highest BCUT2D eigenvalue weighted by atomic mass is 125. The Morgan fingerprint density at radius 2 is 1.11 bits per heavy atom. The first-order valence-corrected chi connectivity index (χ1v) is 34.9. The smallest absolute Gasteiger partial charge is 0.248 e. The lowest BCUT2D eigenvalue weighted by Crippen LogP contribution is -2.61. The molecule has 7 aromatic carbocycles. The van der Waals surface area contributed by atoms with Gasteiger partial charge in [-0.2, -0.15) is 0 Å². The molecule has 96 heavy (non-hydrogen) atoms. The zero-order chi connectivity index (χ0) is 68.4. The molecule has 1 aliphatic rings. The molecular formula is C71H77IN12O10S2. The topological polar surface area (TPSA) is 364 Å². The molecule has 0 aliphatic carbocycles. The van der Waals surface area contributed by atoms with E-state index in [1.54, 1.807) is 60.8 Å². The first-order valence-electron chi connectivity index (χ1n) is 31.3. The van der Waals surface area contributed by atoms with Gasteiger partial charge in [0.15, 0.2) is 0 Å². The summed E-state index contributed by atoms with van der Waals surface area (Å²) in [6, 6.07) is 36.7. The molecule has 8 atom stereocenters. The van der Waals surface area contributed by atoms with E-state index in [0.29, 0.717) is 43.5 Å². The second kappa shape index (κ2) is 33.9. The Morgan fingerprint density at radius 3 is 1.76 bits per heavy atom. The standard InChI is InChI=1S/C71H77IN12O10S2/c1-40(2)76-36-44-18-16-43(17-19-44)32-57-66(89)80-58(34-46-23-27-62(85)52(72)29-46)68(91)84-61(70(93)78-55(64(75)87)33-45-22-24-47-12-6-7-13-49(47)28-45)39-96-95-38-60(83-65(88)53(73)30-42-20-25-48(26-21-42)63(74)86)71(94)81-56(31-41-10-4-3-5-11-41)67(90)82-59(69(92)79-57)35-50-37-77-54-15-9-8-14-51(50)54/h3-29,37,40,53,55-61,76-77,85H,30-36,38-39,73H2,1-2H3,(H2,74,86)(H2,75,87)(H,78,93)(H,79,92)(H,80,89)(H,81,94)(H,82,90)(H,83,88)(H,84,91)/t53-,55-,56-,57-,58-,59+,60+,61-/m0/s1/i72-2. The highest BCUT2D eigenvalue weighted by molar-refractivity contribution is 14.1. The van der Waals surface area contributed by atoms with Gasteiger partial charge in [0.2, 0.25) is 53.2 Å². The summed E-state index contributed by atoms with van der Waals surface area (Å²) in [6.45, 7) is 4.60. The Morgan fingerprint density at radius 1 is 0.573 bits per heavy atom. The molecule has 1 aliphatic heterocycles. The first-order chi connectivity index (χ1) is 46.1. The second-order valence-electron chi connectivity index (χ2n) is 24.0. The number of carbonyl (C=O) groups excluding carboxylic acids is 9. The Hall–Kier alpha value is -9.28. The average Bonchev–Trinajstić information content (AvgIpc) is 1.55. The van der Waals surface area contributed by atoms with Gasteiger partial charge in [-0.15, -0.1) is 0 Å². The number of benzene rings is 7. The van der Waals surface area contributed by atoms with Crippen LogP contribution in [0.3, 0.4) is 0 Å². The Labute approximate surface area is 576 Å². The number of fused-ring (bicyclic) bond motifs is 2. The summed E-state index contributed by atoms with van der Waals surface area (Å²) in [6.07, 6.45) is 1.12. The van der Waals surface area contributed by atoms with E-state index in [9.17, 15) is 24.3 Å². The molecule has 0 spiro atoms. The van der Waals surface area contributed by atoms with Crippen LogP contribution in [-0.4, -0.2) is 129 Å². The third-order valence-corrected chi connectivity index (χ3v) is 19.6. The summed E-state index contributed by atoms with van der Waals surface area (Å²) in [5, 5.41) is 36.5. The summed E-state index contributed by atoms with van der Waals surface area (Å²) >= 11 is 1.94. The number of hydrogen-bond acceptors (Lipinski definition) is 14. The number of aromatic hydroxyl groups is 1. The zero-order valence-corrected chi connectivity index (χ0v) is 56.6. The Bertz CT molecular complexity index is 4110. The van der Waals surface area contributed by atoms with Crippen molar-refractivity contribution >= 4 is 119 Å². The predicted octanol–water partition coefficient (Wildman–Crippen LogP) is 4.59. The number of carbonyl (C=O) groups is 9. The number of amides is 9. The molecule has 0 unspecified atom stereocenters.